The third kappa shape index (κ3) is 7.28. The highest BCUT2D eigenvalue weighted by Gasteiger charge is 2.15. The largest absolute Gasteiger partial charge is 0.493 e. The second-order valence-corrected chi connectivity index (χ2v) is 6.89. The third-order valence-electron chi connectivity index (χ3n) is 4.14. The van der Waals surface area contributed by atoms with Crippen LogP contribution >= 0.6 is 11.6 Å². The van der Waals surface area contributed by atoms with Gasteiger partial charge in [-0.05, 0) is 48.0 Å². The van der Waals surface area contributed by atoms with E-state index in [4.69, 9.17) is 25.8 Å². The summed E-state index contributed by atoms with van der Waals surface area (Å²) in [4.78, 5) is 37.1. The SMILES string of the molecule is COc1cc(/C=C/C(=O)OCC(=O)N(C)CC(=O)Nc2ccc(F)cc2)cc(Cl)c1OC. The molecule has 0 aliphatic carbocycles. The van der Waals surface area contributed by atoms with Crippen molar-refractivity contribution in [1.29, 1.82) is 0 Å². The van der Waals surface area contributed by atoms with Gasteiger partial charge in [-0.1, -0.05) is 11.6 Å². The molecular formula is C22H22ClFN2O6. The molecule has 8 nitrogen and oxygen atoms in total. The van der Waals surface area contributed by atoms with E-state index in [-0.39, 0.29) is 6.54 Å². The number of nitrogens with zero attached hydrogens (tertiary/aromatic N) is 1. The Morgan fingerprint density at radius 2 is 1.81 bits per heavy atom. The van der Waals surface area contributed by atoms with Gasteiger partial charge in [0, 0.05) is 18.8 Å². The Balaban J connectivity index is 1.84. The number of ether oxygens (including phenoxy) is 3. The number of nitrogens with one attached hydrogen (secondary N) is 1. The maximum atomic E-state index is 12.9. The number of benzene rings is 2. The standard InChI is InChI=1S/C22H22ClFN2O6/c1-26(12-19(27)25-16-7-5-15(24)6-8-16)20(28)13-32-21(29)9-4-14-10-17(23)22(31-3)18(11-14)30-2/h4-11H,12-13H2,1-3H3,(H,25,27)/b9-4+. The summed E-state index contributed by atoms with van der Waals surface area (Å²) < 4.78 is 28.1. The zero-order chi connectivity index (χ0) is 23.7. The molecule has 1 N–H and O–H groups in total. The van der Waals surface area contributed by atoms with Crippen LogP contribution in [0.2, 0.25) is 5.02 Å². The molecule has 2 rings (SSSR count). The molecule has 0 spiro atoms. The van der Waals surface area contributed by atoms with E-state index in [2.05, 4.69) is 5.32 Å². The number of methoxy groups -OCH3 is 2. The van der Waals surface area contributed by atoms with Gasteiger partial charge in [-0.2, -0.15) is 0 Å². The molecule has 0 saturated heterocycles. The van der Waals surface area contributed by atoms with Crippen molar-refractivity contribution in [2.45, 2.75) is 0 Å². The fourth-order valence-corrected chi connectivity index (χ4v) is 2.82. The lowest BCUT2D eigenvalue weighted by atomic mass is 10.2. The molecule has 2 aromatic rings. The van der Waals surface area contributed by atoms with Gasteiger partial charge in [0.1, 0.15) is 5.82 Å². The zero-order valence-electron chi connectivity index (χ0n) is 17.7. The molecule has 0 unspecified atom stereocenters. The molecule has 0 aliphatic heterocycles. The Labute approximate surface area is 189 Å². The lowest BCUT2D eigenvalue weighted by Crippen LogP contribution is -2.37. The van der Waals surface area contributed by atoms with Gasteiger partial charge in [0.2, 0.25) is 5.91 Å². The van der Waals surface area contributed by atoms with E-state index in [1.807, 2.05) is 0 Å². The first kappa shape index (κ1) is 24.7. The molecule has 170 valence electrons. The van der Waals surface area contributed by atoms with Crippen LogP contribution in [0.4, 0.5) is 10.1 Å². The summed E-state index contributed by atoms with van der Waals surface area (Å²) in [6.45, 7) is -0.816. The fraction of sp³-hybridized carbons (Fsp3) is 0.227. The number of esters is 1. The van der Waals surface area contributed by atoms with Crippen molar-refractivity contribution in [2.75, 3.05) is 39.7 Å². The van der Waals surface area contributed by atoms with Gasteiger partial charge in [0.05, 0.1) is 25.8 Å². The normalized spacial score (nSPS) is 10.5. The highest BCUT2D eigenvalue weighted by molar-refractivity contribution is 6.32. The minimum Gasteiger partial charge on any atom is -0.493 e. The number of hydrogen-bond donors (Lipinski definition) is 1. The number of amides is 2. The van der Waals surface area contributed by atoms with Gasteiger partial charge in [-0.15, -0.1) is 0 Å². The molecule has 0 fully saturated rings. The van der Waals surface area contributed by atoms with E-state index in [1.165, 1.54) is 51.6 Å². The maximum Gasteiger partial charge on any atom is 0.331 e. The highest BCUT2D eigenvalue weighted by Crippen LogP contribution is 2.36. The van der Waals surface area contributed by atoms with Crippen molar-refractivity contribution < 1.29 is 33.0 Å². The fourth-order valence-electron chi connectivity index (χ4n) is 2.53. The van der Waals surface area contributed by atoms with Crippen LogP contribution in [0.3, 0.4) is 0 Å². The van der Waals surface area contributed by atoms with E-state index in [0.717, 1.165) is 11.0 Å². The molecule has 0 radical (unpaired) electrons. The van der Waals surface area contributed by atoms with Crippen LogP contribution in [0.1, 0.15) is 5.56 Å². The summed E-state index contributed by atoms with van der Waals surface area (Å²) in [7, 11) is 4.30. The minimum absolute atomic E-state index is 0.270. The zero-order valence-corrected chi connectivity index (χ0v) is 18.4. The van der Waals surface area contributed by atoms with Crippen LogP contribution in [-0.4, -0.2) is 57.1 Å². The van der Waals surface area contributed by atoms with E-state index in [1.54, 1.807) is 12.1 Å². The average Bonchev–Trinajstić information content (AvgIpc) is 2.76. The summed E-state index contributed by atoms with van der Waals surface area (Å²) in [5, 5.41) is 2.83. The predicted molar refractivity (Wildman–Crippen MR) is 117 cm³/mol. The molecule has 0 bridgehead atoms. The number of hydrogen-bond acceptors (Lipinski definition) is 6. The second kappa shape index (κ2) is 11.7. The van der Waals surface area contributed by atoms with Crippen molar-refractivity contribution in [3.8, 4) is 11.5 Å². The van der Waals surface area contributed by atoms with Crippen molar-refractivity contribution in [1.82, 2.24) is 4.90 Å². The first-order valence-electron chi connectivity index (χ1n) is 9.29. The van der Waals surface area contributed by atoms with Gasteiger partial charge in [-0.25, -0.2) is 9.18 Å². The van der Waals surface area contributed by atoms with Gasteiger partial charge < -0.3 is 24.4 Å². The van der Waals surface area contributed by atoms with Crippen molar-refractivity contribution in [2.24, 2.45) is 0 Å². The van der Waals surface area contributed by atoms with Crippen molar-refractivity contribution in [3.05, 3.63) is 58.9 Å². The van der Waals surface area contributed by atoms with E-state index in [0.29, 0.717) is 27.8 Å². The number of carbonyl (C=O) groups is 3. The molecular weight excluding hydrogens is 443 g/mol. The lowest BCUT2D eigenvalue weighted by molar-refractivity contribution is -0.148. The molecule has 0 aliphatic rings. The Morgan fingerprint density at radius 3 is 2.44 bits per heavy atom. The summed E-state index contributed by atoms with van der Waals surface area (Å²) in [6, 6.07) is 8.39. The van der Waals surface area contributed by atoms with Crippen LogP contribution in [0.15, 0.2) is 42.5 Å². The van der Waals surface area contributed by atoms with Crippen LogP contribution in [-0.2, 0) is 19.1 Å². The van der Waals surface area contributed by atoms with Gasteiger partial charge in [-0.3, -0.25) is 9.59 Å². The van der Waals surface area contributed by atoms with E-state index in [9.17, 15) is 18.8 Å². The lowest BCUT2D eigenvalue weighted by Gasteiger charge is -2.16. The molecule has 0 aromatic heterocycles. The predicted octanol–water partition coefficient (Wildman–Crippen LogP) is 3.15. The first-order chi connectivity index (χ1) is 15.2. The third-order valence-corrected chi connectivity index (χ3v) is 4.42. The number of carbonyl (C=O) groups excluding carboxylic acids is 3. The number of halogens is 2. The van der Waals surface area contributed by atoms with Gasteiger partial charge >= 0.3 is 5.97 Å². The quantitative estimate of drug-likeness (QED) is 0.452. The average molecular weight is 465 g/mol. The molecule has 0 saturated carbocycles. The first-order valence-corrected chi connectivity index (χ1v) is 9.67. The monoisotopic (exact) mass is 464 g/mol. The number of anilines is 1. The van der Waals surface area contributed by atoms with Gasteiger partial charge in [0.15, 0.2) is 18.1 Å². The van der Waals surface area contributed by atoms with Crippen molar-refractivity contribution >= 4 is 41.1 Å². The van der Waals surface area contributed by atoms with E-state index >= 15 is 0 Å². The molecule has 0 heterocycles. The number of likely N-dealkylation sites (N-methyl/N-ethyl adjacent to an activating group) is 1. The smallest absolute Gasteiger partial charge is 0.331 e. The summed E-state index contributed by atoms with van der Waals surface area (Å²) in [5.74, 6) is -1.48. The Kier molecular flexibility index (Phi) is 9.03. The molecule has 10 heteroatoms. The van der Waals surface area contributed by atoms with Crippen LogP contribution < -0.4 is 14.8 Å². The Morgan fingerprint density at radius 1 is 1.12 bits per heavy atom. The molecule has 2 aromatic carbocycles. The summed E-state index contributed by atoms with van der Waals surface area (Å²) in [5.41, 5.74) is 0.953. The highest BCUT2D eigenvalue weighted by atomic mass is 35.5. The van der Waals surface area contributed by atoms with Crippen LogP contribution in [0, 0.1) is 5.82 Å². The molecule has 0 atom stereocenters. The molecule has 2 amide bonds. The maximum absolute atomic E-state index is 12.9. The Bertz CT molecular complexity index is 1010. The minimum atomic E-state index is -0.756. The van der Waals surface area contributed by atoms with Crippen molar-refractivity contribution in [3.63, 3.8) is 0 Å². The summed E-state index contributed by atoms with van der Waals surface area (Å²) >= 11 is 6.11. The topological polar surface area (TPSA) is 94.2 Å². The van der Waals surface area contributed by atoms with Gasteiger partial charge in [0.25, 0.3) is 5.91 Å². The summed E-state index contributed by atoms with van der Waals surface area (Å²) in [6.07, 6.45) is 2.58. The number of rotatable bonds is 9. The molecule has 32 heavy (non-hydrogen) atoms. The second-order valence-electron chi connectivity index (χ2n) is 6.48. The van der Waals surface area contributed by atoms with Crippen LogP contribution in [0.25, 0.3) is 6.08 Å². The van der Waals surface area contributed by atoms with Crippen LogP contribution in [0.5, 0.6) is 11.5 Å². The van der Waals surface area contributed by atoms with E-state index < -0.39 is 30.2 Å². The Hall–Kier alpha value is -3.59.